The fourth-order valence-corrected chi connectivity index (χ4v) is 2.57. The first-order valence-electron chi connectivity index (χ1n) is 8.11. The molecule has 6 nitrogen and oxygen atoms in total. The Morgan fingerprint density at radius 1 is 1.16 bits per heavy atom. The molecule has 0 aliphatic rings. The van der Waals surface area contributed by atoms with E-state index in [4.69, 9.17) is 10.2 Å². The van der Waals surface area contributed by atoms with Gasteiger partial charge in [0.15, 0.2) is 5.76 Å². The van der Waals surface area contributed by atoms with E-state index in [9.17, 15) is 4.79 Å². The second-order valence-corrected chi connectivity index (χ2v) is 5.71. The highest BCUT2D eigenvalue weighted by atomic mass is 16.3. The predicted octanol–water partition coefficient (Wildman–Crippen LogP) is 3.29. The van der Waals surface area contributed by atoms with Crippen LogP contribution < -0.4 is 5.73 Å². The summed E-state index contributed by atoms with van der Waals surface area (Å²) in [5.41, 5.74) is 7.62. The fraction of sp³-hybridized carbons (Fsp3) is 0.211. The van der Waals surface area contributed by atoms with Gasteiger partial charge in [0.05, 0.1) is 0 Å². The van der Waals surface area contributed by atoms with Crippen LogP contribution in [0.25, 0.3) is 11.5 Å². The number of furan rings is 1. The van der Waals surface area contributed by atoms with Crippen molar-refractivity contribution in [1.82, 2.24) is 14.9 Å². The van der Waals surface area contributed by atoms with Crippen molar-refractivity contribution < 1.29 is 9.21 Å². The van der Waals surface area contributed by atoms with Gasteiger partial charge in [-0.1, -0.05) is 30.3 Å². The zero-order chi connectivity index (χ0) is 17.8. The first kappa shape index (κ1) is 16.7. The topological polar surface area (TPSA) is 85.2 Å². The third-order valence-electron chi connectivity index (χ3n) is 3.84. The molecule has 3 rings (SSSR count). The summed E-state index contributed by atoms with van der Waals surface area (Å²) in [6.07, 6.45) is 0. The summed E-state index contributed by atoms with van der Waals surface area (Å²) >= 11 is 0. The van der Waals surface area contributed by atoms with Crippen molar-refractivity contribution >= 4 is 11.9 Å². The number of aromatic nitrogens is 2. The summed E-state index contributed by atoms with van der Waals surface area (Å²) in [4.78, 5) is 22.9. The van der Waals surface area contributed by atoms with Gasteiger partial charge in [-0.15, -0.1) is 0 Å². The standard InChI is InChI=1S/C19H20N4O2/c1-3-23(12-14-7-5-4-6-8-14)18(24)16-11-15(21-19(20)22-16)17-10-9-13(2)25-17/h4-11H,3,12H2,1-2H3,(H2,20,21,22). The molecule has 0 atom stereocenters. The summed E-state index contributed by atoms with van der Waals surface area (Å²) in [6, 6.07) is 15.1. The van der Waals surface area contributed by atoms with E-state index in [-0.39, 0.29) is 17.5 Å². The lowest BCUT2D eigenvalue weighted by Crippen LogP contribution is -2.31. The second kappa shape index (κ2) is 7.17. The Balaban J connectivity index is 1.89. The van der Waals surface area contributed by atoms with Crippen molar-refractivity contribution in [3.8, 4) is 11.5 Å². The van der Waals surface area contributed by atoms with E-state index in [1.807, 2.05) is 50.2 Å². The van der Waals surface area contributed by atoms with Crippen molar-refractivity contribution in [2.45, 2.75) is 20.4 Å². The molecule has 2 N–H and O–H groups in total. The highest BCUT2D eigenvalue weighted by molar-refractivity contribution is 5.93. The zero-order valence-electron chi connectivity index (χ0n) is 14.3. The molecule has 0 fully saturated rings. The number of aryl methyl sites for hydroxylation is 1. The molecule has 0 saturated heterocycles. The van der Waals surface area contributed by atoms with E-state index in [1.165, 1.54) is 0 Å². The lowest BCUT2D eigenvalue weighted by Gasteiger charge is -2.20. The van der Waals surface area contributed by atoms with Crippen molar-refractivity contribution in [2.75, 3.05) is 12.3 Å². The minimum absolute atomic E-state index is 0.0469. The van der Waals surface area contributed by atoms with Gasteiger partial charge >= 0.3 is 0 Å². The van der Waals surface area contributed by atoms with E-state index in [1.54, 1.807) is 17.0 Å². The molecule has 0 aliphatic heterocycles. The van der Waals surface area contributed by atoms with Crippen molar-refractivity contribution in [3.63, 3.8) is 0 Å². The third kappa shape index (κ3) is 3.85. The van der Waals surface area contributed by atoms with E-state index in [2.05, 4.69) is 9.97 Å². The zero-order valence-corrected chi connectivity index (χ0v) is 14.3. The molecular formula is C19H20N4O2. The number of carbonyl (C=O) groups excluding carboxylic acids is 1. The highest BCUT2D eigenvalue weighted by Crippen LogP contribution is 2.22. The summed E-state index contributed by atoms with van der Waals surface area (Å²) in [6.45, 7) is 4.85. The molecule has 2 aromatic heterocycles. The van der Waals surface area contributed by atoms with E-state index >= 15 is 0 Å². The number of anilines is 1. The number of hydrogen-bond donors (Lipinski definition) is 1. The number of nitrogen functional groups attached to an aromatic ring is 1. The SMILES string of the molecule is CCN(Cc1ccccc1)C(=O)c1cc(-c2ccc(C)o2)nc(N)n1. The van der Waals surface area contributed by atoms with Crippen LogP contribution in [-0.4, -0.2) is 27.3 Å². The Bertz CT molecular complexity index is 874. The van der Waals surface area contributed by atoms with Crippen LogP contribution in [-0.2, 0) is 6.54 Å². The summed E-state index contributed by atoms with van der Waals surface area (Å²) in [7, 11) is 0. The Labute approximate surface area is 146 Å². The van der Waals surface area contributed by atoms with Crippen molar-refractivity contribution in [1.29, 1.82) is 0 Å². The Hall–Kier alpha value is -3.15. The average Bonchev–Trinajstić information content (AvgIpc) is 3.06. The quantitative estimate of drug-likeness (QED) is 0.773. The minimum Gasteiger partial charge on any atom is -0.460 e. The fourth-order valence-electron chi connectivity index (χ4n) is 2.57. The van der Waals surface area contributed by atoms with Crippen molar-refractivity contribution in [3.05, 3.63) is 65.5 Å². The first-order valence-corrected chi connectivity index (χ1v) is 8.11. The van der Waals surface area contributed by atoms with Crippen LogP contribution in [0.1, 0.15) is 28.7 Å². The van der Waals surface area contributed by atoms with Crippen LogP contribution in [0.3, 0.4) is 0 Å². The van der Waals surface area contributed by atoms with Crippen LogP contribution in [0.5, 0.6) is 0 Å². The van der Waals surface area contributed by atoms with Crippen LogP contribution in [0, 0.1) is 6.92 Å². The van der Waals surface area contributed by atoms with Gasteiger partial charge in [-0.2, -0.15) is 0 Å². The van der Waals surface area contributed by atoms with E-state index < -0.39 is 0 Å². The van der Waals surface area contributed by atoms with Gasteiger partial charge < -0.3 is 15.1 Å². The molecule has 0 bridgehead atoms. The molecule has 1 amide bonds. The molecule has 6 heteroatoms. The molecule has 25 heavy (non-hydrogen) atoms. The van der Waals surface area contributed by atoms with Crippen LogP contribution in [0.15, 0.2) is 52.9 Å². The van der Waals surface area contributed by atoms with Gasteiger partial charge in [-0.05, 0) is 37.6 Å². The van der Waals surface area contributed by atoms with E-state index in [0.717, 1.165) is 11.3 Å². The molecule has 0 aliphatic carbocycles. The predicted molar refractivity (Wildman–Crippen MR) is 95.7 cm³/mol. The van der Waals surface area contributed by atoms with Gasteiger partial charge in [-0.3, -0.25) is 4.79 Å². The van der Waals surface area contributed by atoms with Crippen molar-refractivity contribution in [2.24, 2.45) is 0 Å². The van der Waals surface area contributed by atoms with Gasteiger partial charge in [0.2, 0.25) is 5.95 Å². The molecule has 0 spiro atoms. The molecule has 3 aromatic rings. The molecule has 1 aromatic carbocycles. The highest BCUT2D eigenvalue weighted by Gasteiger charge is 2.19. The first-order chi connectivity index (χ1) is 12.1. The number of hydrogen-bond acceptors (Lipinski definition) is 5. The van der Waals surface area contributed by atoms with Gasteiger partial charge in [-0.25, -0.2) is 9.97 Å². The van der Waals surface area contributed by atoms with Gasteiger partial charge in [0, 0.05) is 13.1 Å². The maximum absolute atomic E-state index is 12.9. The maximum Gasteiger partial charge on any atom is 0.272 e. The van der Waals surface area contributed by atoms with Crippen LogP contribution >= 0.6 is 0 Å². The number of carbonyl (C=O) groups is 1. The number of nitrogens with two attached hydrogens (primary N) is 1. The summed E-state index contributed by atoms with van der Waals surface area (Å²) in [5, 5.41) is 0. The van der Waals surface area contributed by atoms with Gasteiger partial charge in [0.1, 0.15) is 17.1 Å². The molecule has 2 heterocycles. The number of rotatable bonds is 5. The third-order valence-corrected chi connectivity index (χ3v) is 3.84. The minimum atomic E-state index is -0.190. The lowest BCUT2D eigenvalue weighted by molar-refractivity contribution is 0.0746. The van der Waals surface area contributed by atoms with Gasteiger partial charge in [0.25, 0.3) is 5.91 Å². The van der Waals surface area contributed by atoms with Crippen LogP contribution in [0.4, 0.5) is 5.95 Å². The normalized spacial score (nSPS) is 10.6. The Kier molecular flexibility index (Phi) is 4.79. The Morgan fingerprint density at radius 2 is 1.92 bits per heavy atom. The number of benzene rings is 1. The molecule has 0 radical (unpaired) electrons. The monoisotopic (exact) mass is 336 g/mol. The lowest BCUT2D eigenvalue weighted by atomic mass is 10.2. The molecular weight excluding hydrogens is 316 g/mol. The smallest absolute Gasteiger partial charge is 0.272 e. The number of amides is 1. The molecule has 0 unspecified atom stereocenters. The maximum atomic E-state index is 12.9. The molecule has 0 saturated carbocycles. The van der Waals surface area contributed by atoms with Crippen LogP contribution in [0.2, 0.25) is 0 Å². The summed E-state index contributed by atoms with van der Waals surface area (Å²) in [5.74, 6) is 1.18. The number of nitrogens with zero attached hydrogens (tertiary/aromatic N) is 3. The second-order valence-electron chi connectivity index (χ2n) is 5.71. The average molecular weight is 336 g/mol. The van der Waals surface area contributed by atoms with E-state index in [0.29, 0.717) is 24.5 Å². The summed E-state index contributed by atoms with van der Waals surface area (Å²) < 4.78 is 5.57. The Morgan fingerprint density at radius 3 is 2.56 bits per heavy atom. The largest absolute Gasteiger partial charge is 0.460 e. The molecule has 128 valence electrons.